The van der Waals surface area contributed by atoms with Gasteiger partial charge in [-0.1, -0.05) is 28.1 Å². The van der Waals surface area contributed by atoms with E-state index >= 15 is 0 Å². The minimum atomic E-state index is -0.356. The van der Waals surface area contributed by atoms with Crippen molar-refractivity contribution in [2.45, 2.75) is 6.54 Å². The minimum absolute atomic E-state index is 0.177. The summed E-state index contributed by atoms with van der Waals surface area (Å²) < 4.78 is 0.832. The molecule has 1 heterocycles. The molecule has 0 aliphatic carbocycles. The summed E-state index contributed by atoms with van der Waals surface area (Å²) in [7, 11) is 1.74. The lowest BCUT2D eigenvalue weighted by Crippen LogP contribution is -2.17. The van der Waals surface area contributed by atoms with Crippen LogP contribution in [-0.4, -0.2) is 22.1 Å². The maximum Gasteiger partial charge on any atom is 0.262 e. The summed E-state index contributed by atoms with van der Waals surface area (Å²) in [6, 6.07) is 7.13. The molecule has 0 amide bonds. The van der Waals surface area contributed by atoms with Crippen LogP contribution in [0.5, 0.6) is 5.88 Å². The normalized spacial score (nSPS) is 10.6. The molecule has 0 radical (unpaired) electrons. The molecule has 2 aromatic rings. The molecule has 0 unspecified atom stereocenters. The van der Waals surface area contributed by atoms with Crippen LogP contribution in [0.4, 0.5) is 0 Å². The number of aromatic hydroxyl groups is 1. The Morgan fingerprint density at radius 1 is 1.50 bits per heavy atom. The molecule has 0 aliphatic heterocycles. The molecule has 1 aromatic heterocycles. The molecule has 18 heavy (non-hydrogen) atoms. The molecule has 5 nitrogen and oxygen atoms in total. The van der Waals surface area contributed by atoms with Gasteiger partial charge in [-0.05, 0) is 24.7 Å². The van der Waals surface area contributed by atoms with Gasteiger partial charge < -0.3 is 15.4 Å². The van der Waals surface area contributed by atoms with Gasteiger partial charge in [0.2, 0.25) is 5.88 Å². The van der Waals surface area contributed by atoms with Gasteiger partial charge >= 0.3 is 0 Å². The second kappa shape index (κ2) is 5.32. The number of rotatable bonds is 3. The van der Waals surface area contributed by atoms with E-state index < -0.39 is 0 Å². The first kappa shape index (κ1) is 12.8. The number of H-pyrrole nitrogens is 1. The number of aromatic nitrogens is 2. The summed E-state index contributed by atoms with van der Waals surface area (Å²) in [6.45, 7) is 0.390. The lowest BCUT2D eigenvalue weighted by molar-refractivity contribution is 0.449. The van der Waals surface area contributed by atoms with Crippen LogP contribution in [0.25, 0.3) is 11.1 Å². The van der Waals surface area contributed by atoms with Crippen LogP contribution in [-0.2, 0) is 6.54 Å². The van der Waals surface area contributed by atoms with E-state index in [-0.39, 0.29) is 17.0 Å². The van der Waals surface area contributed by atoms with Gasteiger partial charge in [0.15, 0.2) is 0 Å². The Balaban J connectivity index is 2.55. The van der Waals surface area contributed by atoms with Crippen molar-refractivity contribution in [3.63, 3.8) is 0 Å². The number of benzene rings is 1. The van der Waals surface area contributed by atoms with E-state index in [1.165, 1.54) is 0 Å². The summed E-state index contributed by atoms with van der Waals surface area (Å²) >= 11 is 3.32. The van der Waals surface area contributed by atoms with Crippen molar-refractivity contribution in [1.29, 1.82) is 0 Å². The van der Waals surface area contributed by atoms with Gasteiger partial charge in [0.05, 0.1) is 6.54 Å². The van der Waals surface area contributed by atoms with E-state index in [9.17, 15) is 9.90 Å². The number of halogens is 1. The van der Waals surface area contributed by atoms with Crippen LogP contribution < -0.4 is 10.9 Å². The van der Waals surface area contributed by atoms with E-state index in [0.29, 0.717) is 17.9 Å². The molecule has 0 bridgehead atoms. The van der Waals surface area contributed by atoms with Crippen molar-refractivity contribution in [3.8, 4) is 17.0 Å². The molecule has 3 N–H and O–H groups in total. The SMILES string of the molecule is CNCc1nc(O)c(-c2cccc(Br)c2)c(=O)[nH]1. The minimum Gasteiger partial charge on any atom is -0.493 e. The van der Waals surface area contributed by atoms with Gasteiger partial charge in [0, 0.05) is 4.47 Å². The van der Waals surface area contributed by atoms with E-state index in [1.54, 1.807) is 25.2 Å². The molecule has 1 aromatic carbocycles. The highest BCUT2D eigenvalue weighted by Gasteiger charge is 2.12. The maximum atomic E-state index is 11.9. The van der Waals surface area contributed by atoms with Crippen LogP contribution in [0.3, 0.4) is 0 Å². The topological polar surface area (TPSA) is 78.0 Å². The Morgan fingerprint density at radius 2 is 2.28 bits per heavy atom. The molecule has 0 spiro atoms. The number of nitrogens with one attached hydrogen (secondary N) is 2. The molecular weight excluding hydrogens is 298 g/mol. The lowest BCUT2D eigenvalue weighted by atomic mass is 10.1. The predicted molar refractivity (Wildman–Crippen MR) is 72.4 cm³/mol. The maximum absolute atomic E-state index is 11.9. The summed E-state index contributed by atoms with van der Waals surface area (Å²) in [5, 5.41) is 12.7. The van der Waals surface area contributed by atoms with Gasteiger partial charge in [-0.25, -0.2) is 0 Å². The molecule has 2 rings (SSSR count). The average molecular weight is 310 g/mol. The van der Waals surface area contributed by atoms with Crippen molar-refractivity contribution in [1.82, 2.24) is 15.3 Å². The first-order valence-electron chi connectivity index (χ1n) is 5.34. The van der Waals surface area contributed by atoms with Gasteiger partial charge in [-0.2, -0.15) is 4.98 Å². The Hall–Kier alpha value is -1.66. The first-order chi connectivity index (χ1) is 8.61. The molecular formula is C12H12BrN3O2. The van der Waals surface area contributed by atoms with Gasteiger partial charge in [0.1, 0.15) is 11.4 Å². The third-order valence-corrected chi connectivity index (χ3v) is 2.90. The number of hydrogen-bond acceptors (Lipinski definition) is 4. The smallest absolute Gasteiger partial charge is 0.262 e. The molecule has 6 heteroatoms. The Labute approximate surface area is 112 Å². The van der Waals surface area contributed by atoms with Crippen LogP contribution in [0.2, 0.25) is 0 Å². The predicted octanol–water partition coefficient (Wildman–Crippen LogP) is 1.62. The molecule has 0 fully saturated rings. The number of nitrogens with zero attached hydrogens (tertiary/aromatic N) is 1. The van der Waals surface area contributed by atoms with Crippen molar-refractivity contribution >= 4 is 15.9 Å². The summed E-state index contributed by atoms with van der Waals surface area (Å²) in [6.07, 6.45) is 0. The molecule has 0 saturated heterocycles. The van der Waals surface area contributed by atoms with E-state index in [1.807, 2.05) is 6.07 Å². The Bertz CT molecular complexity index is 625. The molecule has 94 valence electrons. The second-order valence-electron chi connectivity index (χ2n) is 3.75. The van der Waals surface area contributed by atoms with Crippen molar-refractivity contribution in [2.24, 2.45) is 0 Å². The molecule has 0 saturated carbocycles. The van der Waals surface area contributed by atoms with Gasteiger partial charge in [-0.15, -0.1) is 0 Å². The third kappa shape index (κ3) is 2.60. The fourth-order valence-electron chi connectivity index (χ4n) is 1.66. The Kier molecular flexibility index (Phi) is 3.78. The Morgan fingerprint density at radius 3 is 2.89 bits per heavy atom. The lowest BCUT2D eigenvalue weighted by Gasteiger charge is -2.06. The highest BCUT2D eigenvalue weighted by atomic mass is 79.9. The standard InChI is InChI=1S/C12H12BrN3O2/c1-14-6-9-15-11(17)10(12(18)16-9)7-3-2-4-8(13)5-7/h2-5,14H,6H2,1H3,(H2,15,16,17,18). The highest BCUT2D eigenvalue weighted by Crippen LogP contribution is 2.25. The van der Waals surface area contributed by atoms with Crippen LogP contribution in [0.1, 0.15) is 5.82 Å². The zero-order valence-electron chi connectivity index (χ0n) is 9.70. The van der Waals surface area contributed by atoms with Crippen LogP contribution in [0.15, 0.2) is 33.5 Å². The fraction of sp³-hybridized carbons (Fsp3) is 0.167. The molecule has 0 aliphatic rings. The summed E-state index contributed by atoms with van der Waals surface area (Å²) in [4.78, 5) is 18.5. The number of hydrogen-bond donors (Lipinski definition) is 3. The largest absolute Gasteiger partial charge is 0.493 e. The second-order valence-corrected chi connectivity index (χ2v) is 4.67. The summed E-state index contributed by atoms with van der Waals surface area (Å²) in [5.74, 6) is 0.140. The summed E-state index contributed by atoms with van der Waals surface area (Å²) in [5.41, 5.74) is 0.439. The highest BCUT2D eigenvalue weighted by molar-refractivity contribution is 9.10. The fourth-order valence-corrected chi connectivity index (χ4v) is 2.06. The first-order valence-corrected chi connectivity index (χ1v) is 6.14. The van der Waals surface area contributed by atoms with E-state index in [2.05, 4.69) is 31.2 Å². The zero-order chi connectivity index (χ0) is 13.1. The number of aromatic amines is 1. The average Bonchev–Trinajstić information content (AvgIpc) is 2.28. The van der Waals surface area contributed by atoms with Crippen molar-refractivity contribution in [2.75, 3.05) is 7.05 Å². The quantitative estimate of drug-likeness (QED) is 0.805. The monoisotopic (exact) mass is 309 g/mol. The van der Waals surface area contributed by atoms with Crippen molar-refractivity contribution < 1.29 is 5.11 Å². The van der Waals surface area contributed by atoms with Gasteiger partial charge in [0.25, 0.3) is 5.56 Å². The van der Waals surface area contributed by atoms with Crippen molar-refractivity contribution in [3.05, 3.63) is 44.9 Å². The third-order valence-electron chi connectivity index (χ3n) is 2.41. The van der Waals surface area contributed by atoms with Crippen LogP contribution >= 0.6 is 15.9 Å². The van der Waals surface area contributed by atoms with E-state index in [4.69, 9.17) is 0 Å². The zero-order valence-corrected chi connectivity index (χ0v) is 11.3. The van der Waals surface area contributed by atoms with Crippen LogP contribution in [0, 0.1) is 0 Å². The van der Waals surface area contributed by atoms with E-state index in [0.717, 1.165) is 4.47 Å². The molecule has 0 atom stereocenters. The van der Waals surface area contributed by atoms with Gasteiger partial charge in [-0.3, -0.25) is 4.79 Å².